The Kier molecular flexibility index (Phi) is 11.2. The van der Waals surface area contributed by atoms with Crippen molar-refractivity contribution in [2.24, 2.45) is 11.8 Å². The summed E-state index contributed by atoms with van der Waals surface area (Å²) in [5.74, 6) is -3.12. The van der Waals surface area contributed by atoms with Gasteiger partial charge in [0.15, 0.2) is 0 Å². The predicted molar refractivity (Wildman–Crippen MR) is 133 cm³/mol. The van der Waals surface area contributed by atoms with Gasteiger partial charge in [0.2, 0.25) is 11.8 Å². The highest BCUT2D eigenvalue weighted by atomic mass is 16.3. The quantitative estimate of drug-likeness (QED) is 0.262. The third-order valence-electron chi connectivity index (χ3n) is 5.81. The second kappa shape index (κ2) is 14.3. The van der Waals surface area contributed by atoms with Gasteiger partial charge in [-0.3, -0.25) is 40.9 Å². The molecule has 0 aliphatic carbocycles. The highest BCUT2D eigenvalue weighted by Crippen LogP contribution is 2.19. The molecule has 0 saturated heterocycles. The first-order valence-corrected chi connectivity index (χ1v) is 12.0. The van der Waals surface area contributed by atoms with Crippen molar-refractivity contribution in [1.29, 1.82) is 0 Å². The number of rotatable bonds is 11. The van der Waals surface area contributed by atoms with Crippen molar-refractivity contribution < 1.29 is 29.4 Å². The van der Waals surface area contributed by atoms with Gasteiger partial charge >= 0.3 is 0 Å². The first-order chi connectivity index (χ1) is 17.2. The van der Waals surface area contributed by atoms with Gasteiger partial charge in [0, 0.05) is 11.8 Å². The SMILES string of the molecule is CCCCC(CCCC(C)C(=O)NNC(=O)c1ccccc1O)C(=O)NNC(=O)c1ccccc1O. The van der Waals surface area contributed by atoms with Crippen LogP contribution in [-0.4, -0.2) is 33.8 Å². The Hall–Kier alpha value is -4.08. The van der Waals surface area contributed by atoms with Crippen molar-refractivity contribution in [3.8, 4) is 11.5 Å². The second-order valence-electron chi connectivity index (χ2n) is 8.59. The number of hydrazine groups is 2. The Bertz CT molecular complexity index is 1060. The molecule has 6 N–H and O–H groups in total. The highest BCUT2D eigenvalue weighted by Gasteiger charge is 2.21. The fraction of sp³-hybridized carbons (Fsp3) is 0.385. The molecule has 0 aliphatic heterocycles. The Morgan fingerprint density at radius 3 is 1.67 bits per heavy atom. The van der Waals surface area contributed by atoms with E-state index in [0.29, 0.717) is 25.7 Å². The smallest absolute Gasteiger partial charge is 0.273 e. The van der Waals surface area contributed by atoms with Crippen LogP contribution in [0.2, 0.25) is 0 Å². The average molecular weight is 499 g/mol. The van der Waals surface area contributed by atoms with Crippen LogP contribution in [0.4, 0.5) is 0 Å². The van der Waals surface area contributed by atoms with Gasteiger partial charge in [-0.25, -0.2) is 0 Å². The van der Waals surface area contributed by atoms with E-state index >= 15 is 0 Å². The molecule has 2 atom stereocenters. The third-order valence-corrected chi connectivity index (χ3v) is 5.81. The maximum atomic E-state index is 12.7. The number of para-hydroxylation sites is 2. The van der Waals surface area contributed by atoms with Gasteiger partial charge in [-0.15, -0.1) is 0 Å². The van der Waals surface area contributed by atoms with Crippen LogP contribution in [0.15, 0.2) is 48.5 Å². The van der Waals surface area contributed by atoms with E-state index in [1.807, 2.05) is 6.92 Å². The summed E-state index contributed by atoms with van der Waals surface area (Å²) in [5.41, 5.74) is 9.52. The highest BCUT2D eigenvalue weighted by molar-refractivity contribution is 5.98. The standard InChI is InChI=1S/C26H34N4O6/c1-3-4-11-18(24(34)28-30-26(36)20-14-6-8-16-22(20)32)12-9-10-17(2)23(33)27-29-25(35)19-13-5-7-15-21(19)31/h5-8,13-18,31-32H,3-4,9-12H2,1-2H3,(H,27,33)(H,28,34)(H,29,35)(H,30,36). The van der Waals surface area contributed by atoms with E-state index in [9.17, 15) is 29.4 Å². The van der Waals surface area contributed by atoms with E-state index in [1.54, 1.807) is 31.2 Å². The monoisotopic (exact) mass is 498 g/mol. The Morgan fingerprint density at radius 2 is 1.17 bits per heavy atom. The third kappa shape index (κ3) is 8.61. The first-order valence-electron chi connectivity index (χ1n) is 12.0. The molecule has 0 saturated carbocycles. The zero-order chi connectivity index (χ0) is 26.5. The number of aromatic hydroxyl groups is 2. The number of phenolic OH excluding ortho intramolecular Hbond substituents is 2. The Labute approximate surface area is 210 Å². The largest absolute Gasteiger partial charge is 0.507 e. The van der Waals surface area contributed by atoms with E-state index in [1.165, 1.54) is 24.3 Å². The van der Waals surface area contributed by atoms with Gasteiger partial charge in [0.05, 0.1) is 11.1 Å². The molecule has 0 fully saturated rings. The van der Waals surface area contributed by atoms with Gasteiger partial charge in [-0.05, 0) is 43.5 Å². The van der Waals surface area contributed by atoms with Crippen LogP contribution in [0.25, 0.3) is 0 Å². The summed E-state index contributed by atoms with van der Waals surface area (Å²) >= 11 is 0. The molecule has 0 aliphatic rings. The van der Waals surface area contributed by atoms with Crippen molar-refractivity contribution in [3.05, 3.63) is 59.7 Å². The van der Waals surface area contributed by atoms with Gasteiger partial charge in [0.1, 0.15) is 11.5 Å². The number of amides is 4. The van der Waals surface area contributed by atoms with Crippen LogP contribution in [0.5, 0.6) is 11.5 Å². The van der Waals surface area contributed by atoms with Crippen LogP contribution in [0.1, 0.15) is 73.1 Å². The lowest BCUT2D eigenvalue weighted by atomic mass is 9.93. The van der Waals surface area contributed by atoms with Crippen molar-refractivity contribution in [2.45, 2.75) is 52.4 Å². The van der Waals surface area contributed by atoms with Crippen molar-refractivity contribution >= 4 is 23.6 Å². The minimum absolute atomic E-state index is 0.0461. The molecule has 10 heteroatoms. The zero-order valence-electron chi connectivity index (χ0n) is 20.5. The molecular formula is C26H34N4O6. The number of benzene rings is 2. The normalized spacial score (nSPS) is 12.2. The number of phenols is 2. The molecule has 0 heterocycles. The lowest BCUT2D eigenvalue weighted by Gasteiger charge is -2.18. The van der Waals surface area contributed by atoms with Crippen molar-refractivity contribution in [3.63, 3.8) is 0 Å². The van der Waals surface area contributed by atoms with E-state index in [4.69, 9.17) is 0 Å². The molecule has 0 bridgehead atoms. The van der Waals surface area contributed by atoms with Crippen molar-refractivity contribution in [2.75, 3.05) is 0 Å². The second-order valence-corrected chi connectivity index (χ2v) is 8.59. The van der Waals surface area contributed by atoms with Gasteiger partial charge in [-0.2, -0.15) is 0 Å². The minimum Gasteiger partial charge on any atom is -0.507 e. The summed E-state index contributed by atoms with van der Waals surface area (Å²) in [4.78, 5) is 49.4. The topological polar surface area (TPSA) is 157 Å². The molecule has 2 rings (SSSR count). The molecule has 4 amide bonds. The molecule has 0 spiro atoms. The van der Waals surface area contributed by atoms with Gasteiger partial charge in [-0.1, -0.05) is 57.4 Å². The minimum atomic E-state index is -0.629. The summed E-state index contributed by atoms with van der Waals surface area (Å²) in [6.45, 7) is 3.74. The van der Waals surface area contributed by atoms with Crippen LogP contribution >= 0.6 is 0 Å². The van der Waals surface area contributed by atoms with Crippen LogP contribution in [-0.2, 0) is 9.59 Å². The summed E-state index contributed by atoms with van der Waals surface area (Å²) < 4.78 is 0. The van der Waals surface area contributed by atoms with E-state index in [2.05, 4.69) is 21.7 Å². The Balaban J connectivity index is 1.80. The van der Waals surface area contributed by atoms with Crippen LogP contribution in [0, 0.1) is 11.8 Å². The summed E-state index contributed by atoms with van der Waals surface area (Å²) in [5, 5.41) is 19.5. The number of carbonyl (C=O) groups excluding carboxylic acids is 4. The molecule has 2 aromatic rings. The van der Waals surface area contributed by atoms with E-state index < -0.39 is 17.7 Å². The van der Waals surface area contributed by atoms with E-state index in [-0.39, 0.29) is 40.4 Å². The average Bonchev–Trinajstić information content (AvgIpc) is 2.87. The predicted octanol–water partition coefficient (Wildman–Crippen LogP) is 2.93. The van der Waals surface area contributed by atoms with Crippen molar-refractivity contribution in [1.82, 2.24) is 21.7 Å². The maximum Gasteiger partial charge on any atom is 0.273 e. The summed E-state index contributed by atoms with van der Waals surface area (Å²) in [6, 6.07) is 12.0. The number of unbranched alkanes of at least 4 members (excludes halogenated alkanes) is 1. The van der Waals surface area contributed by atoms with Gasteiger partial charge < -0.3 is 10.2 Å². The van der Waals surface area contributed by atoms with Crippen LogP contribution < -0.4 is 21.7 Å². The van der Waals surface area contributed by atoms with E-state index in [0.717, 1.165) is 12.8 Å². The Morgan fingerprint density at radius 1 is 0.694 bits per heavy atom. The van der Waals surface area contributed by atoms with Gasteiger partial charge in [0.25, 0.3) is 11.8 Å². The van der Waals surface area contributed by atoms with Crippen LogP contribution in [0.3, 0.4) is 0 Å². The molecule has 2 unspecified atom stereocenters. The molecule has 10 nitrogen and oxygen atoms in total. The first kappa shape index (κ1) is 28.2. The molecule has 0 aromatic heterocycles. The summed E-state index contributed by atoms with van der Waals surface area (Å²) in [7, 11) is 0. The zero-order valence-corrected chi connectivity index (χ0v) is 20.5. The number of nitrogens with one attached hydrogen (secondary N) is 4. The molecule has 0 radical (unpaired) electrons. The molecule has 36 heavy (non-hydrogen) atoms. The summed E-state index contributed by atoms with van der Waals surface area (Å²) in [6.07, 6.45) is 3.95. The molecular weight excluding hydrogens is 464 g/mol. The lowest BCUT2D eigenvalue weighted by Crippen LogP contribution is -2.45. The lowest BCUT2D eigenvalue weighted by molar-refractivity contribution is -0.126. The molecule has 194 valence electrons. The number of hydrogen-bond acceptors (Lipinski definition) is 6. The fourth-order valence-corrected chi connectivity index (χ4v) is 3.59. The molecule has 2 aromatic carbocycles. The maximum absolute atomic E-state index is 12.7. The fourth-order valence-electron chi connectivity index (χ4n) is 3.59. The number of hydrogen-bond donors (Lipinski definition) is 6. The number of carbonyl (C=O) groups is 4.